The van der Waals surface area contributed by atoms with E-state index in [0.717, 1.165) is 74.7 Å². The maximum absolute atomic E-state index is 12.7. The van der Waals surface area contributed by atoms with Gasteiger partial charge in [0.2, 0.25) is 0 Å². The second kappa shape index (κ2) is 6.65. The molecule has 0 bridgehead atoms. The first-order valence-corrected chi connectivity index (χ1v) is 9.19. The van der Waals surface area contributed by atoms with E-state index in [0.29, 0.717) is 17.5 Å². The topological polar surface area (TPSA) is 58.9 Å². The van der Waals surface area contributed by atoms with Gasteiger partial charge in [0, 0.05) is 19.0 Å². The molecule has 2 aromatic rings. The van der Waals surface area contributed by atoms with Crippen LogP contribution in [-0.2, 0) is 25.8 Å². The molecule has 0 amide bonds. The molecular weight excluding hydrogens is 353 g/mol. The fraction of sp³-hybridized carbons (Fsp3) is 0.667. The number of alkyl halides is 3. The van der Waals surface area contributed by atoms with Gasteiger partial charge in [0.05, 0.1) is 19.3 Å². The molecule has 2 aromatic heterocycles. The summed E-state index contributed by atoms with van der Waals surface area (Å²) in [5.74, 6) is 2.42. The van der Waals surface area contributed by atoms with Crippen molar-refractivity contribution in [2.75, 3.05) is 19.6 Å². The number of halogens is 3. The number of hydrogen-bond acceptors (Lipinski definition) is 6. The van der Waals surface area contributed by atoms with E-state index in [2.05, 4.69) is 30.0 Å². The third-order valence-electron chi connectivity index (χ3n) is 4.80. The maximum atomic E-state index is 12.7. The summed E-state index contributed by atoms with van der Waals surface area (Å²) in [6, 6.07) is 0. The van der Waals surface area contributed by atoms with Crippen molar-refractivity contribution in [2.45, 2.75) is 44.6 Å². The lowest BCUT2D eigenvalue weighted by Gasteiger charge is -2.31. The fourth-order valence-electron chi connectivity index (χ4n) is 3.47. The Labute approximate surface area is 147 Å². The second-order valence-corrected chi connectivity index (χ2v) is 7.58. The van der Waals surface area contributed by atoms with E-state index in [9.17, 15) is 13.2 Å². The van der Waals surface area contributed by atoms with Gasteiger partial charge in [-0.3, -0.25) is 4.90 Å². The highest BCUT2D eigenvalue weighted by Crippen LogP contribution is 2.34. The third-order valence-corrected chi connectivity index (χ3v) is 5.82. The van der Waals surface area contributed by atoms with Crippen LogP contribution in [0.25, 0.3) is 0 Å². The molecule has 4 heterocycles. The van der Waals surface area contributed by atoms with Gasteiger partial charge in [-0.15, -0.1) is 21.5 Å². The lowest BCUT2D eigenvalue weighted by molar-refractivity contribution is -0.134. The van der Waals surface area contributed by atoms with Crippen LogP contribution in [0.2, 0.25) is 0 Å². The minimum absolute atomic E-state index is 0.373. The van der Waals surface area contributed by atoms with Crippen molar-refractivity contribution in [1.29, 1.82) is 0 Å². The highest BCUT2D eigenvalue weighted by Gasteiger charge is 2.33. The van der Waals surface area contributed by atoms with E-state index in [1.54, 1.807) is 0 Å². The minimum atomic E-state index is -4.30. The average molecular weight is 372 g/mol. The SMILES string of the molecule is FC(F)(F)c1cnc(CN2CCC(c3nnc4n3CCNC4)CC2)s1. The number of hydrogen-bond donors (Lipinski definition) is 1. The van der Waals surface area contributed by atoms with Crippen molar-refractivity contribution in [3.63, 3.8) is 0 Å². The number of rotatable bonds is 3. The Morgan fingerprint density at radius 1 is 1.20 bits per heavy atom. The molecule has 0 aromatic carbocycles. The van der Waals surface area contributed by atoms with E-state index >= 15 is 0 Å². The van der Waals surface area contributed by atoms with Crippen molar-refractivity contribution in [3.8, 4) is 0 Å². The standard InChI is InChI=1S/C15H19F3N6S/c16-15(17,18)11-7-20-13(25-11)9-23-4-1-10(2-5-23)14-22-21-12-8-19-3-6-24(12)14/h7,10,19H,1-6,8-9H2. The van der Waals surface area contributed by atoms with Gasteiger partial charge in [-0.1, -0.05) is 0 Å². The van der Waals surface area contributed by atoms with Crippen LogP contribution in [-0.4, -0.2) is 44.3 Å². The Balaban J connectivity index is 1.36. The van der Waals surface area contributed by atoms with Gasteiger partial charge in [-0.05, 0) is 25.9 Å². The van der Waals surface area contributed by atoms with Gasteiger partial charge < -0.3 is 9.88 Å². The normalized spacial score (nSPS) is 20.0. The van der Waals surface area contributed by atoms with E-state index in [1.807, 2.05) is 0 Å². The van der Waals surface area contributed by atoms with E-state index in [-0.39, 0.29) is 0 Å². The van der Waals surface area contributed by atoms with E-state index < -0.39 is 11.1 Å². The highest BCUT2D eigenvalue weighted by molar-refractivity contribution is 7.11. The average Bonchev–Trinajstić information content (AvgIpc) is 3.22. The van der Waals surface area contributed by atoms with Crippen molar-refractivity contribution in [2.24, 2.45) is 0 Å². The number of fused-ring (bicyclic) bond motifs is 1. The van der Waals surface area contributed by atoms with Crippen LogP contribution in [0.3, 0.4) is 0 Å². The van der Waals surface area contributed by atoms with Gasteiger partial charge in [0.25, 0.3) is 0 Å². The Morgan fingerprint density at radius 3 is 2.72 bits per heavy atom. The molecule has 25 heavy (non-hydrogen) atoms. The molecule has 2 aliphatic rings. The molecule has 0 atom stereocenters. The summed E-state index contributed by atoms with van der Waals surface area (Å²) < 4.78 is 40.2. The Hall–Kier alpha value is -1.52. The molecule has 2 aliphatic heterocycles. The zero-order chi connectivity index (χ0) is 17.4. The molecule has 0 radical (unpaired) electrons. The molecular formula is C15H19F3N6S. The monoisotopic (exact) mass is 372 g/mol. The molecule has 0 unspecified atom stereocenters. The molecule has 0 saturated carbocycles. The first kappa shape index (κ1) is 16.9. The maximum Gasteiger partial charge on any atom is 0.427 e. The van der Waals surface area contributed by atoms with Crippen LogP contribution in [0.4, 0.5) is 13.2 Å². The number of thiazole rings is 1. The summed E-state index contributed by atoms with van der Waals surface area (Å²) in [6.07, 6.45) is -1.47. The van der Waals surface area contributed by atoms with E-state index in [1.165, 1.54) is 0 Å². The third kappa shape index (κ3) is 3.56. The van der Waals surface area contributed by atoms with Gasteiger partial charge >= 0.3 is 6.18 Å². The van der Waals surface area contributed by atoms with Gasteiger partial charge in [0.15, 0.2) is 0 Å². The first-order chi connectivity index (χ1) is 12.0. The Bertz CT molecular complexity index is 732. The largest absolute Gasteiger partial charge is 0.427 e. The number of nitrogens with zero attached hydrogens (tertiary/aromatic N) is 5. The molecule has 1 N–H and O–H groups in total. The zero-order valence-electron chi connectivity index (χ0n) is 13.6. The minimum Gasteiger partial charge on any atom is -0.312 e. The summed E-state index contributed by atoms with van der Waals surface area (Å²) in [7, 11) is 0. The molecule has 1 fully saturated rings. The van der Waals surface area contributed by atoms with Gasteiger partial charge in [-0.2, -0.15) is 13.2 Å². The van der Waals surface area contributed by atoms with Gasteiger partial charge in [-0.25, -0.2) is 4.98 Å². The summed E-state index contributed by atoms with van der Waals surface area (Å²) in [5, 5.41) is 12.5. The molecule has 6 nitrogen and oxygen atoms in total. The summed E-state index contributed by atoms with van der Waals surface area (Å²) in [5.41, 5.74) is 0. The Kier molecular flexibility index (Phi) is 4.50. The smallest absolute Gasteiger partial charge is 0.312 e. The predicted molar refractivity (Wildman–Crippen MR) is 86.1 cm³/mol. The molecule has 10 heteroatoms. The second-order valence-electron chi connectivity index (χ2n) is 6.47. The lowest BCUT2D eigenvalue weighted by Crippen LogP contribution is -2.34. The van der Waals surface area contributed by atoms with E-state index in [4.69, 9.17) is 0 Å². The quantitative estimate of drug-likeness (QED) is 0.896. The first-order valence-electron chi connectivity index (χ1n) is 8.37. The number of likely N-dealkylation sites (tertiary alicyclic amines) is 1. The zero-order valence-corrected chi connectivity index (χ0v) is 14.4. The number of piperidine rings is 1. The van der Waals surface area contributed by atoms with Crippen LogP contribution in [0.5, 0.6) is 0 Å². The molecule has 0 aliphatic carbocycles. The highest BCUT2D eigenvalue weighted by atomic mass is 32.1. The lowest BCUT2D eigenvalue weighted by atomic mass is 9.96. The van der Waals surface area contributed by atoms with Crippen molar-refractivity contribution in [3.05, 3.63) is 27.7 Å². The van der Waals surface area contributed by atoms with Crippen LogP contribution in [0.15, 0.2) is 6.20 Å². The van der Waals surface area contributed by atoms with Crippen LogP contribution >= 0.6 is 11.3 Å². The summed E-state index contributed by atoms with van der Waals surface area (Å²) in [4.78, 5) is 5.47. The fourth-order valence-corrected chi connectivity index (χ4v) is 4.30. The van der Waals surface area contributed by atoms with Crippen molar-refractivity contribution < 1.29 is 13.2 Å². The molecule has 136 valence electrons. The summed E-state index contributed by atoms with van der Waals surface area (Å²) in [6.45, 7) is 4.75. The van der Waals surface area contributed by atoms with Crippen molar-refractivity contribution in [1.82, 2.24) is 30.0 Å². The number of aromatic nitrogens is 4. The van der Waals surface area contributed by atoms with Gasteiger partial charge in [0.1, 0.15) is 21.5 Å². The predicted octanol–water partition coefficient (Wildman–Crippen LogP) is 2.24. The number of nitrogens with one attached hydrogen (secondary N) is 1. The molecule has 1 saturated heterocycles. The van der Waals surface area contributed by atoms with Crippen LogP contribution in [0.1, 0.15) is 40.3 Å². The molecule has 4 rings (SSSR count). The van der Waals surface area contributed by atoms with Crippen LogP contribution in [0, 0.1) is 0 Å². The Morgan fingerprint density at radius 2 is 2.00 bits per heavy atom. The molecule has 0 spiro atoms. The van der Waals surface area contributed by atoms with Crippen LogP contribution < -0.4 is 5.32 Å². The summed E-state index contributed by atoms with van der Waals surface area (Å²) >= 11 is 0.739. The van der Waals surface area contributed by atoms with Crippen molar-refractivity contribution >= 4 is 11.3 Å².